The van der Waals surface area contributed by atoms with Gasteiger partial charge in [-0.1, -0.05) is 0 Å². The first kappa shape index (κ1) is 13.4. The number of pyridine rings is 1. The number of aliphatic hydroxyl groups is 1. The van der Waals surface area contributed by atoms with Crippen molar-refractivity contribution in [1.82, 2.24) is 10.3 Å². The molecule has 6 nitrogen and oxygen atoms in total. The van der Waals surface area contributed by atoms with Gasteiger partial charge in [0.1, 0.15) is 0 Å². The van der Waals surface area contributed by atoms with E-state index in [4.69, 9.17) is 9.84 Å². The fourth-order valence-electron chi connectivity index (χ4n) is 1.33. The minimum atomic E-state index is -1.01. The number of aromatic nitrogens is 1. The summed E-state index contributed by atoms with van der Waals surface area (Å²) in [6.07, 6.45) is 0.493. The number of carbonyl (C=O) groups is 1. The lowest BCUT2D eigenvalue weighted by atomic mass is 10.2. The lowest BCUT2D eigenvalue weighted by molar-refractivity contribution is -0.139. The topological polar surface area (TPSA) is 91.7 Å². The monoisotopic (exact) mass is 240 g/mol. The van der Waals surface area contributed by atoms with E-state index in [-0.39, 0.29) is 13.0 Å². The van der Waals surface area contributed by atoms with E-state index in [2.05, 4.69) is 10.3 Å². The van der Waals surface area contributed by atoms with E-state index in [0.717, 1.165) is 5.56 Å². The van der Waals surface area contributed by atoms with Crippen LogP contribution in [0.4, 0.5) is 0 Å². The van der Waals surface area contributed by atoms with Crippen LogP contribution in [0.1, 0.15) is 12.0 Å². The van der Waals surface area contributed by atoms with E-state index >= 15 is 0 Å². The van der Waals surface area contributed by atoms with Crippen LogP contribution >= 0.6 is 0 Å². The fourth-order valence-corrected chi connectivity index (χ4v) is 1.33. The molecule has 0 saturated heterocycles. The molecule has 0 saturated carbocycles. The molecule has 6 heteroatoms. The third kappa shape index (κ3) is 5.28. The van der Waals surface area contributed by atoms with Gasteiger partial charge in [0.05, 0.1) is 19.6 Å². The molecular formula is C11H16N2O4. The van der Waals surface area contributed by atoms with Crippen molar-refractivity contribution in [2.24, 2.45) is 0 Å². The maximum Gasteiger partial charge on any atom is 0.306 e. The molecule has 17 heavy (non-hydrogen) atoms. The number of aliphatic carboxylic acids is 1. The predicted octanol–water partition coefficient (Wildman–Crippen LogP) is 0.0154. The van der Waals surface area contributed by atoms with Gasteiger partial charge in [0.2, 0.25) is 5.88 Å². The molecule has 0 bridgehead atoms. The highest BCUT2D eigenvalue weighted by Crippen LogP contribution is 2.07. The smallest absolute Gasteiger partial charge is 0.306 e. The molecule has 3 N–H and O–H groups in total. The largest absolute Gasteiger partial charge is 0.481 e. The third-order valence-corrected chi connectivity index (χ3v) is 2.13. The Morgan fingerprint density at radius 1 is 1.65 bits per heavy atom. The third-order valence-electron chi connectivity index (χ3n) is 2.13. The van der Waals surface area contributed by atoms with E-state index < -0.39 is 12.1 Å². The summed E-state index contributed by atoms with van der Waals surface area (Å²) in [5, 5.41) is 20.7. The minimum Gasteiger partial charge on any atom is -0.481 e. The second-order valence-corrected chi connectivity index (χ2v) is 3.59. The number of ether oxygens (including phenoxy) is 1. The molecule has 0 aliphatic rings. The number of hydrogen-bond donors (Lipinski definition) is 3. The zero-order valence-electron chi connectivity index (χ0n) is 9.59. The number of hydrogen-bond acceptors (Lipinski definition) is 5. The van der Waals surface area contributed by atoms with E-state index in [1.165, 1.54) is 7.11 Å². The van der Waals surface area contributed by atoms with Gasteiger partial charge in [0.25, 0.3) is 0 Å². The number of nitrogens with zero attached hydrogens (tertiary/aromatic N) is 1. The summed E-state index contributed by atoms with van der Waals surface area (Å²) in [7, 11) is 1.54. The molecule has 0 aromatic carbocycles. The van der Waals surface area contributed by atoms with Crippen LogP contribution in [0.15, 0.2) is 18.3 Å². The van der Waals surface area contributed by atoms with Crippen LogP contribution < -0.4 is 10.1 Å². The number of carboxylic acid groups (broad SMARTS) is 1. The summed E-state index contributed by atoms with van der Waals surface area (Å²) in [6.45, 7) is 0.756. The molecule has 0 fully saturated rings. The zero-order chi connectivity index (χ0) is 12.7. The van der Waals surface area contributed by atoms with E-state index in [0.29, 0.717) is 12.4 Å². The number of nitrogens with one attached hydrogen (secondary N) is 1. The highest BCUT2D eigenvalue weighted by atomic mass is 16.5. The van der Waals surface area contributed by atoms with Crippen LogP contribution in [-0.2, 0) is 11.3 Å². The molecule has 1 aromatic rings. The van der Waals surface area contributed by atoms with Gasteiger partial charge in [-0.2, -0.15) is 0 Å². The summed E-state index contributed by atoms with van der Waals surface area (Å²) in [6, 6.07) is 3.59. The van der Waals surface area contributed by atoms with Crippen molar-refractivity contribution in [2.75, 3.05) is 13.7 Å². The minimum absolute atomic E-state index is 0.233. The molecule has 0 aliphatic carbocycles. The molecule has 0 radical (unpaired) electrons. The van der Waals surface area contributed by atoms with Crippen molar-refractivity contribution in [3.05, 3.63) is 23.9 Å². The van der Waals surface area contributed by atoms with Crippen molar-refractivity contribution in [1.29, 1.82) is 0 Å². The highest BCUT2D eigenvalue weighted by molar-refractivity contribution is 5.67. The number of carboxylic acids is 1. The molecule has 1 aromatic heterocycles. The SMILES string of the molecule is COc1cc(CNCC(O)CC(=O)O)ccn1. The van der Waals surface area contributed by atoms with Crippen LogP contribution in [0.2, 0.25) is 0 Å². The molecule has 1 heterocycles. The van der Waals surface area contributed by atoms with Gasteiger partial charge in [-0.05, 0) is 11.6 Å². The Hall–Kier alpha value is -1.66. The number of rotatable bonds is 7. The Morgan fingerprint density at radius 3 is 3.06 bits per heavy atom. The first-order valence-electron chi connectivity index (χ1n) is 5.21. The van der Waals surface area contributed by atoms with Crippen LogP contribution in [0.25, 0.3) is 0 Å². The normalized spacial score (nSPS) is 12.1. The number of aliphatic hydroxyl groups excluding tert-OH is 1. The molecule has 1 atom stereocenters. The standard InChI is InChI=1S/C11H16N2O4/c1-17-10-4-8(2-3-13-10)6-12-7-9(14)5-11(15)16/h2-4,9,12,14H,5-7H2,1H3,(H,15,16). The summed E-state index contributed by atoms with van der Waals surface area (Å²) >= 11 is 0. The first-order valence-corrected chi connectivity index (χ1v) is 5.21. The predicted molar refractivity (Wildman–Crippen MR) is 60.8 cm³/mol. The lowest BCUT2D eigenvalue weighted by Gasteiger charge is -2.09. The molecule has 0 aliphatic heterocycles. The average Bonchev–Trinajstić information content (AvgIpc) is 2.28. The second kappa shape index (κ2) is 6.82. The van der Waals surface area contributed by atoms with Crippen molar-refractivity contribution < 1.29 is 19.7 Å². The van der Waals surface area contributed by atoms with E-state index in [1.54, 1.807) is 12.3 Å². The van der Waals surface area contributed by atoms with Crippen LogP contribution in [0.5, 0.6) is 5.88 Å². The van der Waals surface area contributed by atoms with Crippen molar-refractivity contribution in [3.63, 3.8) is 0 Å². The lowest BCUT2D eigenvalue weighted by Crippen LogP contribution is -2.28. The summed E-state index contributed by atoms with van der Waals surface area (Å²) in [5.41, 5.74) is 0.958. The van der Waals surface area contributed by atoms with Gasteiger partial charge in [-0.15, -0.1) is 0 Å². The molecule has 0 spiro atoms. The summed E-state index contributed by atoms with van der Waals surface area (Å²) < 4.78 is 4.97. The molecule has 1 rings (SSSR count). The quantitative estimate of drug-likeness (QED) is 0.622. The first-order chi connectivity index (χ1) is 8.11. The maximum atomic E-state index is 10.3. The highest BCUT2D eigenvalue weighted by Gasteiger charge is 2.08. The van der Waals surface area contributed by atoms with Crippen molar-refractivity contribution in [3.8, 4) is 5.88 Å². The fraction of sp³-hybridized carbons (Fsp3) is 0.455. The zero-order valence-corrected chi connectivity index (χ0v) is 9.59. The van der Waals surface area contributed by atoms with E-state index in [1.807, 2.05) is 6.07 Å². The molecule has 1 unspecified atom stereocenters. The van der Waals surface area contributed by atoms with Crippen LogP contribution in [0.3, 0.4) is 0 Å². The van der Waals surface area contributed by atoms with Crippen molar-refractivity contribution >= 4 is 5.97 Å². The Labute approximate surface area is 99.3 Å². The van der Waals surface area contributed by atoms with Gasteiger partial charge >= 0.3 is 5.97 Å². The molecular weight excluding hydrogens is 224 g/mol. The Kier molecular flexibility index (Phi) is 5.38. The van der Waals surface area contributed by atoms with Gasteiger partial charge < -0.3 is 20.3 Å². The van der Waals surface area contributed by atoms with Crippen LogP contribution in [0, 0.1) is 0 Å². The van der Waals surface area contributed by atoms with Crippen LogP contribution in [-0.4, -0.2) is 40.9 Å². The Balaban J connectivity index is 2.32. The number of methoxy groups -OCH3 is 1. The molecule has 94 valence electrons. The van der Waals surface area contributed by atoms with E-state index in [9.17, 15) is 9.90 Å². The Bertz CT molecular complexity index is 370. The average molecular weight is 240 g/mol. The van der Waals surface area contributed by atoms with Gasteiger partial charge in [-0.3, -0.25) is 4.79 Å². The Morgan fingerprint density at radius 2 is 2.41 bits per heavy atom. The molecule has 0 amide bonds. The van der Waals surface area contributed by atoms with Crippen molar-refractivity contribution in [2.45, 2.75) is 19.1 Å². The maximum absolute atomic E-state index is 10.3. The second-order valence-electron chi connectivity index (χ2n) is 3.59. The summed E-state index contributed by atoms with van der Waals surface area (Å²) in [5.74, 6) is -0.486. The van der Waals surface area contributed by atoms with Gasteiger partial charge in [0.15, 0.2) is 0 Å². The van der Waals surface area contributed by atoms with Gasteiger partial charge in [0, 0.05) is 25.4 Å². The van der Waals surface area contributed by atoms with Gasteiger partial charge in [-0.25, -0.2) is 4.98 Å². The summed E-state index contributed by atoms with van der Waals surface area (Å²) in [4.78, 5) is 14.3.